The minimum Gasteiger partial charge on any atom is -0.508 e. The zero-order valence-electron chi connectivity index (χ0n) is 60.3. The summed E-state index contributed by atoms with van der Waals surface area (Å²) >= 11 is 0. The number of hydrogen-bond donors (Lipinski definition) is 22. The van der Waals surface area contributed by atoms with E-state index in [2.05, 4.69) is 84.1 Å². The molecule has 0 unspecified atom stereocenters. The molecule has 12 atom stereocenters. The summed E-state index contributed by atoms with van der Waals surface area (Å²) in [4.78, 5) is 212. The van der Waals surface area contributed by atoms with Crippen LogP contribution in [-0.4, -0.2) is 225 Å². The molecule has 1 aromatic heterocycles. The summed E-state index contributed by atoms with van der Waals surface area (Å²) in [6.45, 7) is 7.83. The average Bonchev–Trinajstić information content (AvgIpc) is 1.11. The maximum atomic E-state index is 14.3. The van der Waals surface area contributed by atoms with E-state index in [1.807, 2.05) is 0 Å². The highest BCUT2D eigenvalue weighted by atomic mass is 16.4. The monoisotopic (exact) mass is 1490 g/mol. The van der Waals surface area contributed by atoms with Gasteiger partial charge in [0, 0.05) is 44.1 Å². The van der Waals surface area contributed by atoms with E-state index in [0.29, 0.717) is 29.7 Å². The van der Waals surface area contributed by atoms with Crippen LogP contribution >= 0.6 is 0 Å². The quantitative estimate of drug-likeness (QED) is 0.0142. The molecule has 14 amide bonds. The molecule has 27 N–H and O–H groups in total. The molecule has 0 saturated heterocycles. The lowest BCUT2D eigenvalue weighted by atomic mass is 10.00. The Hall–Kier alpha value is -11.4. The number of aromatic amines is 1. The van der Waals surface area contributed by atoms with Gasteiger partial charge in [-0.1, -0.05) is 70.2 Å². The van der Waals surface area contributed by atoms with Gasteiger partial charge in [0.1, 0.15) is 72.2 Å². The Morgan fingerprint density at radius 2 is 0.925 bits per heavy atom. The number of phenolic OH excluding ortho intramolecular Hbond substituents is 1. The third-order valence-electron chi connectivity index (χ3n) is 16.1. The number of nitrogens with zero attached hydrogens (tertiary/aromatic N) is 2. The minimum absolute atomic E-state index is 0.0235. The lowest BCUT2D eigenvalue weighted by Gasteiger charge is -2.28. The van der Waals surface area contributed by atoms with Crippen molar-refractivity contribution in [2.75, 3.05) is 32.8 Å². The lowest BCUT2D eigenvalue weighted by molar-refractivity contribution is -0.141. The van der Waals surface area contributed by atoms with Crippen LogP contribution in [0.15, 0.2) is 72.1 Å². The number of nitrogens with two attached hydrogens (primary N) is 5. The molecule has 3 rings (SSSR count). The van der Waals surface area contributed by atoms with E-state index < -0.39 is 206 Å². The number of aliphatic imine (C=N–C) groups is 1. The van der Waals surface area contributed by atoms with Crippen molar-refractivity contribution >= 4 is 94.6 Å². The first-order chi connectivity index (χ1) is 50.0. The fourth-order valence-electron chi connectivity index (χ4n) is 10.1. The number of guanidine groups is 1. The van der Waals surface area contributed by atoms with Crippen molar-refractivity contribution < 1.29 is 87.2 Å². The number of amides is 14. The molecule has 0 fully saturated rings. The number of rotatable bonds is 47. The van der Waals surface area contributed by atoms with E-state index in [1.54, 1.807) is 58.0 Å². The minimum atomic E-state index is -1.76. The summed E-state index contributed by atoms with van der Waals surface area (Å²) in [5.41, 5.74) is 29.5. The first-order valence-corrected chi connectivity index (χ1v) is 34.3. The molecule has 39 heteroatoms. The van der Waals surface area contributed by atoms with Crippen molar-refractivity contribution in [3.8, 4) is 5.75 Å². The number of imidazole rings is 1. The number of carbonyl (C=O) groups excluding carboxylic acids is 14. The highest BCUT2D eigenvalue weighted by molar-refractivity contribution is 6.00. The molecule has 0 radical (unpaired) electrons. The summed E-state index contributed by atoms with van der Waals surface area (Å²) in [6, 6.07) is -2.46. The third-order valence-corrected chi connectivity index (χ3v) is 16.1. The molecule has 39 nitrogen and oxygen atoms in total. The predicted octanol–water partition coefficient (Wildman–Crippen LogP) is -7.07. The van der Waals surface area contributed by atoms with Gasteiger partial charge < -0.3 is 118 Å². The molecule has 0 aliphatic carbocycles. The van der Waals surface area contributed by atoms with Gasteiger partial charge in [-0.25, -0.2) is 9.78 Å². The normalized spacial score (nSPS) is 14.4. The van der Waals surface area contributed by atoms with Crippen LogP contribution in [-0.2, 0) is 91.2 Å². The van der Waals surface area contributed by atoms with Crippen LogP contribution in [0.1, 0.15) is 110 Å². The number of hydrogen-bond acceptors (Lipinski definition) is 21. The third kappa shape index (κ3) is 32.5. The van der Waals surface area contributed by atoms with E-state index in [9.17, 15) is 87.2 Å². The maximum Gasteiger partial charge on any atom is 0.326 e. The molecular weight excluding hydrogens is 1390 g/mol. The number of H-pyrrole nitrogens is 1. The number of carboxylic acid groups (broad SMARTS) is 1. The highest BCUT2D eigenvalue weighted by Crippen LogP contribution is 2.14. The molecule has 106 heavy (non-hydrogen) atoms. The molecule has 584 valence electrons. The standard InChI is InChI=1S/C67H103N21O18/c1-34(2)53(64(103)79-38(7)57(96)86-47(28-41-29-73-33-77-41)59(98)76-30-51(92)80-48(66(105)106)27-40-18-20-42(90)21-19-40)87-61(100)44(17-13-25-74-67(71)72)83-60(99)45(22-23-50(70)91)82-56(95)37(6)78-63(102)49(32-89)81-52(93)31-75-58(97)43(16-11-12-24-68)84-65(104)54(35(3)4)88-62(101)46(85-55(94)36(5)69)26-39-14-9-8-10-15-39/h8-10,14-15,18-21,29,33-38,43-49,53-54,89-90H,11-13,16-17,22-28,30-32,68-69H2,1-7H3,(H2,70,91)(H,73,77)(H,75,97)(H,76,98)(H,78,102)(H,79,103)(H,80,92)(H,81,93)(H,82,95)(H,83,99)(H,84,104)(H,85,94)(H,86,96)(H,87,100)(H,88,101)(H,105,106)(H4,71,72,74)/t36-,37-,38-,43-,44-,45-,46-,47-,48-,49-,53-,54-/m0/s1. The van der Waals surface area contributed by atoms with Crippen LogP contribution in [0.2, 0.25) is 0 Å². The average molecular weight is 1490 g/mol. The molecule has 0 aliphatic heterocycles. The van der Waals surface area contributed by atoms with Crippen LogP contribution in [0.5, 0.6) is 5.75 Å². The van der Waals surface area contributed by atoms with Gasteiger partial charge in [0.25, 0.3) is 0 Å². The molecular formula is C67H103N21O18. The number of primary amides is 1. The summed E-state index contributed by atoms with van der Waals surface area (Å²) in [7, 11) is 0. The second-order valence-electron chi connectivity index (χ2n) is 25.8. The van der Waals surface area contributed by atoms with Crippen molar-refractivity contribution in [2.24, 2.45) is 45.5 Å². The first-order valence-electron chi connectivity index (χ1n) is 34.3. The van der Waals surface area contributed by atoms with E-state index in [0.717, 1.165) is 6.92 Å². The first kappa shape index (κ1) is 88.9. The molecule has 2 aromatic carbocycles. The van der Waals surface area contributed by atoms with Crippen molar-refractivity contribution in [3.63, 3.8) is 0 Å². The Labute approximate surface area is 611 Å². The Balaban J connectivity index is 1.71. The van der Waals surface area contributed by atoms with Gasteiger partial charge in [-0.3, -0.25) is 72.1 Å². The van der Waals surface area contributed by atoms with Gasteiger partial charge in [-0.2, -0.15) is 0 Å². The maximum absolute atomic E-state index is 14.3. The number of unbranched alkanes of at least 4 members (excludes halogenated alkanes) is 1. The summed E-state index contributed by atoms with van der Waals surface area (Å²) in [5, 5.41) is 61.5. The van der Waals surface area contributed by atoms with Gasteiger partial charge in [0.2, 0.25) is 82.7 Å². The van der Waals surface area contributed by atoms with Gasteiger partial charge in [0.15, 0.2) is 5.96 Å². The second-order valence-corrected chi connectivity index (χ2v) is 25.8. The molecule has 0 bridgehead atoms. The van der Waals surface area contributed by atoms with Crippen LogP contribution in [0.25, 0.3) is 0 Å². The Morgan fingerprint density at radius 1 is 0.481 bits per heavy atom. The number of benzene rings is 2. The van der Waals surface area contributed by atoms with Crippen LogP contribution in [0.4, 0.5) is 0 Å². The van der Waals surface area contributed by atoms with Crippen LogP contribution < -0.4 is 97.8 Å². The number of aromatic hydroxyl groups is 1. The largest absolute Gasteiger partial charge is 0.508 e. The van der Waals surface area contributed by atoms with Crippen molar-refractivity contribution in [1.82, 2.24) is 79.1 Å². The van der Waals surface area contributed by atoms with E-state index in [-0.39, 0.29) is 63.3 Å². The predicted molar refractivity (Wildman–Crippen MR) is 382 cm³/mol. The summed E-state index contributed by atoms with van der Waals surface area (Å²) in [6.07, 6.45) is 1.96. The molecule has 0 saturated carbocycles. The van der Waals surface area contributed by atoms with E-state index in [1.165, 1.54) is 50.6 Å². The molecule has 3 aromatic rings. The van der Waals surface area contributed by atoms with Crippen molar-refractivity contribution in [2.45, 2.75) is 185 Å². The number of nitrogens with one attached hydrogen (secondary N) is 14. The van der Waals surface area contributed by atoms with Crippen molar-refractivity contribution in [3.05, 3.63) is 83.9 Å². The topological polar surface area (TPSA) is 644 Å². The highest BCUT2D eigenvalue weighted by Gasteiger charge is 2.36. The lowest BCUT2D eigenvalue weighted by Crippen LogP contribution is -2.60. The van der Waals surface area contributed by atoms with E-state index in [4.69, 9.17) is 28.7 Å². The van der Waals surface area contributed by atoms with Gasteiger partial charge in [-0.05, 0) is 101 Å². The molecule has 0 spiro atoms. The fraction of sp³-hybridized carbons (Fsp3) is 0.537. The number of aromatic nitrogens is 2. The Bertz CT molecular complexity index is 3480. The zero-order valence-corrected chi connectivity index (χ0v) is 60.3. The number of carbonyl (C=O) groups is 15. The summed E-state index contributed by atoms with van der Waals surface area (Å²) in [5.74, 6) is -15.8. The number of carboxylic acids is 1. The SMILES string of the molecule is CC(C)[C@H](NC(=O)[C@H](CCCN=C(N)N)NC(=O)[C@H](CCC(N)=O)NC(=O)[C@H](C)NC(=O)[C@H](CO)NC(=O)CNC(=O)[C@H](CCCCN)NC(=O)[C@@H](NC(=O)[C@H](Cc1ccccc1)NC(=O)[C@H](C)N)C(C)C)C(=O)N[C@@H](C)C(=O)N[C@@H](Cc1cnc[nH]1)C(=O)NCC(=O)N[C@@H](Cc1ccc(O)cc1)C(=O)O. The van der Waals surface area contributed by atoms with Crippen LogP contribution in [0.3, 0.4) is 0 Å². The van der Waals surface area contributed by atoms with Gasteiger partial charge in [0.05, 0.1) is 32.1 Å². The Morgan fingerprint density at radius 3 is 1.44 bits per heavy atom. The van der Waals surface area contributed by atoms with E-state index >= 15 is 0 Å². The number of aliphatic carboxylic acids is 1. The van der Waals surface area contributed by atoms with Crippen molar-refractivity contribution in [1.29, 1.82) is 0 Å². The number of aliphatic hydroxyl groups is 1. The molecule has 1 heterocycles. The summed E-state index contributed by atoms with van der Waals surface area (Å²) < 4.78 is 0. The Kier molecular flexibility index (Phi) is 38.3. The number of phenols is 1. The molecule has 0 aliphatic rings. The van der Waals surface area contributed by atoms with Crippen LogP contribution in [0, 0.1) is 11.8 Å². The number of aliphatic hydroxyl groups excluding tert-OH is 1. The zero-order chi connectivity index (χ0) is 79.3. The van der Waals surface area contributed by atoms with Gasteiger partial charge >= 0.3 is 5.97 Å². The smallest absolute Gasteiger partial charge is 0.326 e. The van der Waals surface area contributed by atoms with Gasteiger partial charge in [-0.15, -0.1) is 0 Å². The second kappa shape index (κ2) is 45.7. The fourth-order valence-corrected chi connectivity index (χ4v) is 10.1.